The SMILES string of the molecule is CNCCNc1cc2ccc(-n3c4ccccc4c4ccccc43)cc2[nH]1. The lowest BCUT2D eigenvalue weighted by atomic mass is 10.2. The predicted octanol–water partition coefficient (Wildman–Crippen LogP) is 4.90. The molecule has 5 aromatic rings. The van der Waals surface area contributed by atoms with E-state index in [1.807, 2.05) is 7.05 Å². The molecule has 0 aliphatic carbocycles. The number of para-hydroxylation sites is 2. The maximum atomic E-state index is 3.50. The van der Waals surface area contributed by atoms with Gasteiger partial charge < -0.3 is 20.2 Å². The molecule has 3 N–H and O–H groups in total. The molecule has 0 bridgehead atoms. The van der Waals surface area contributed by atoms with Crippen molar-refractivity contribution in [1.29, 1.82) is 0 Å². The van der Waals surface area contributed by atoms with E-state index >= 15 is 0 Å². The van der Waals surface area contributed by atoms with E-state index in [0.29, 0.717) is 0 Å². The highest BCUT2D eigenvalue weighted by molar-refractivity contribution is 6.09. The first kappa shape index (κ1) is 16.0. The van der Waals surface area contributed by atoms with Crippen LogP contribution in [0.4, 0.5) is 5.82 Å². The third-order valence-corrected chi connectivity index (χ3v) is 5.13. The zero-order valence-corrected chi connectivity index (χ0v) is 15.3. The first-order valence-electron chi connectivity index (χ1n) is 9.35. The maximum Gasteiger partial charge on any atom is 0.104 e. The van der Waals surface area contributed by atoms with Crippen LogP contribution in [0, 0.1) is 0 Å². The second-order valence-electron chi connectivity index (χ2n) is 6.85. The molecule has 4 nitrogen and oxygen atoms in total. The summed E-state index contributed by atoms with van der Waals surface area (Å²) in [5.41, 5.74) is 4.78. The van der Waals surface area contributed by atoms with Gasteiger partial charge in [0.1, 0.15) is 5.82 Å². The molecular weight excluding hydrogens is 332 g/mol. The average Bonchev–Trinajstić information content (AvgIpc) is 3.26. The Kier molecular flexibility index (Phi) is 3.84. The van der Waals surface area contributed by atoms with Crippen LogP contribution < -0.4 is 10.6 Å². The third-order valence-electron chi connectivity index (χ3n) is 5.13. The highest BCUT2D eigenvalue weighted by atomic mass is 15.0. The lowest BCUT2D eigenvalue weighted by Gasteiger charge is -2.08. The number of hydrogen-bond acceptors (Lipinski definition) is 2. The van der Waals surface area contributed by atoms with Crippen LogP contribution in [0.25, 0.3) is 38.4 Å². The molecule has 134 valence electrons. The van der Waals surface area contributed by atoms with Crippen molar-refractivity contribution < 1.29 is 0 Å². The first-order valence-corrected chi connectivity index (χ1v) is 9.35. The largest absolute Gasteiger partial charge is 0.370 e. The van der Waals surface area contributed by atoms with E-state index < -0.39 is 0 Å². The van der Waals surface area contributed by atoms with Crippen molar-refractivity contribution in [2.24, 2.45) is 0 Å². The van der Waals surface area contributed by atoms with Crippen molar-refractivity contribution >= 4 is 38.5 Å². The van der Waals surface area contributed by atoms with Gasteiger partial charge in [0.25, 0.3) is 0 Å². The molecular formula is C23H22N4. The number of likely N-dealkylation sites (N-methyl/N-ethyl adjacent to an activating group) is 1. The summed E-state index contributed by atoms with van der Waals surface area (Å²) < 4.78 is 2.35. The van der Waals surface area contributed by atoms with Gasteiger partial charge in [-0.2, -0.15) is 0 Å². The molecule has 2 heterocycles. The Hall–Kier alpha value is -3.24. The summed E-state index contributed by atoms with van der Waals surface area (Å²) in [7, 11) is 1.96. The Bertz CT molecular complexity index is 1190. The number of fused-ring (bicyclic) bond motifs is 4. The fraction of sp³-hybridized carbons (Fsp3) is 0.130. The smallest absolute Gasteiger partial charge is 0.104 e. The zero-order valence-electron chi connectivity index (χ0n) is 15.3. The van der Waals surface area contributed by atoms with Crippen LogP contribution in [-0.4, -0.2) is 29.7 Å². The second-order valence-corrected chi connectivity index (χ2v) is 6.85. The lowest BCUT2D eigenvalue weighted by molar-refractivity contribution is 0.822. The second kappa shape index (κ2) is 6.49. The summed E-state index contributed by atoms with van der Waals surface area (Å²) in [5.74, 6) is 1.06. The van der Waals surface area contributed by atoms with Crippen LogP contribution in [0.3, 0.4) is 0 Å². The van der Waals surface area contributed by atoms with Gasteiger partial charge in [-0.1, -0.05) is 42.5 Å². The summed E-state index contributed by atoms with van der Waals surface area (Å²) >= 11 is 0. The van der Waals surface area contributed by atoms with E-state index in [1.54, 1.807) is 0 Å². The van der Waals surface area contributed by atoms with E-state index in [4.69, 9.17) is 0 Å². The predicted molar refractivity (Wildman–Crippen MR) is 115 cm³/mol. The standard InChI is InChI=1S/C23H22N4/c1-24-12-13-25-23-14-16-10-11-17(15-20(16)26-23)27-21-8-4-2-6-18(21)19-7-3-5-9-22(19)27/h2-11,14-15,24-26H,12-13H2,1H3. The van der Waals surface area contributed by atoms with Crippen molar-refractivity contribution in [2.75, 3.05) is 25.5 Å². The molecule has 0 saturated carbocycles. The van der Waals surface area contributed by atoms with Gasteiger partial charge in [-0.25, -0.2) is 0 Å². The Balaban J connectivity index is 1.66. The van der Waals surface area contributed by atoms with Crippen molar-refractivity contribution in [3.8, 4) is 5.69 Å². The average molecular weight is 354 g/mol. The van der Waals surface area contributed by atoms with Crippen molar-refractivity contribution in [1.82, 2.24) is 14.9 Å². The van der Waals surface area contributed by atoms with Crippen LogP contribution >= 0.6 is 0 Å². The fourth-order valence-corrected chi connectivity index (χ4v) is 3.87. The number of rotatable bonds is 5. The lowest BCUT2D eigenvalue weighted by Crippen LogP contribution is -2.17. The van der Waals surface area contributed by atoms with E-state index in [1.165, 1.54) is 32.9 Å². The van der Waals surface area contributed by atoms with E-state index in [9.17, 15) is 0 Å². The normalized spacial score (nSPS) is 11.6. The Morgan fingerprint density at radius 1 is 0.815 bits per heavy atom. The molecule has 0 unspecified atom stereocenters. The number of aromatic amines is 1. The highest BCUT2D eigenvalue weighted by Gasteiger charge is 2.12. The van der Waals surface area contributed by atoms with Gasteiger partial charge in [0.15, 0.2) is 0 Å². The van der Waals surface area contributed by atoms with Gasteiger partial charge >= 0.3 is 0 Å². The van der Waals surface area contributed by atoms with E-state index in [-0.39, 0.29) is 0 Å². The summed E-state index contributed by atoms with van der Waals surface area (Å²) in [6.45, 7) is 1.82. The monoisotopic (exact) mass is 354 g/mol. The topological polar surface area (TPSA) is 44.8 Å². The van der Waals surface area contributed by atoms with Gasteiger partial charge in [0, 0.05) is 40.5 Å². The molecule has 0 spiro atoms. The quantitative estimate of drug-likeness (QED) is 0.393. The molecule has 0 aliphatic rings. The van der Waals surface area contributed by atoms with Gasteiger partial charge in [0.2, 0.25) is 0 Å². The minimum Gasteiger partial charge on any atom is -0.370 e. The highest BCUT2D eigenvalue weighted by Crippen LogP contribution is 2.32. The Labute approximate surface area is 157 Å². The Morgan fingerprint density at radius 3 is 2.22 bits per heavy atom. The summed E-state index contributed by atoms with van der Waals surface area (Å²) in [4.78, 5) is 3.50. The number of aromatic nitrogens is 2. The molecule has 0 saturated heterocycles. The molecule has 0 aliphatic heterocycles. The van der Waals surface area contributed by atoms with Gasteiger partial charge in [-0.3, -0.25) is 0 Å². The van der Waals surface area contributed by atoms with Gasteiger partial charge in [0.05, 0.1) is 11.0 Å². The fourth-order valence-electron chi connectivity index (χ4n) is 3.87. The third kappa shape index (κ3) is 2.66. The zero-order chi connectivity index (χ0) is 18.2. The molecule has 0 amide bonds. The molecule has 4 heteroatoms. The maximum absolute atomic E-state index is 3.50. The summed E-state index contributed by atoms with van der Waals surface area (Å²) in [6.07, 6.45) is 0. The van der Waals surface area contributed by atoms with Crippen molar-refractivity contribution in [3.05, 3.63) is 72.8 Å². The molecule has 0 radical (unpaired) electrons. The number of nitrogens with zero attached hydrogens (tertiary/aromatic N) is 1. The molecule has 0 fully saturated rings. The molecule has 5 rings (SSSR count). The summed E-state index contributed by atoms with van der Waals surface area (Å²) in [5, 5.41) is 10.4. The number of H-pyrrole nitrogens is 1. The summed E-state index contributed by atoms with van der Waals surface area (Å²) in [6, 6.07) is 26.0. The Morgan fingerprint density at radius 2 is 1.52 bits per heavy atom. The van der Waals surface area contributed by atoms with E-state index in [0.717, 1.165) is 24.4 Å². The van der Waals surface area contributed by atoms with Gasteiger partial charge in [-0.05, 0) is 37.4 Å². The number of nitrogens with one attached hydrogen (secondary N) is 3. The first-order chi connectivity index (χ1) is 13.3. The minimum atomic E-state index is 0.892. The van der Waals surface area contributed by atoms with Crippen molar-refractivity contribution in [3.63, 3.8) is 0 Å². The number of hydrogen-bond donors (Lipinski definition) is 3. The van der Waals surface area contributed by atoms with Gasteiger partial charge in [-0.15, -0.1) is 0 Å². The molecule has 0 atom stereocenters. The van der Waals surface area contributed by atoms with Crippen LogP contribution in [-0.2, 0) is 0 Å². The number of anilines is 1. The van der Waals surface area contributed by atoms with E-state index in [2.05, 4.69) is 93.0 Å². The number of benzene rings is 3. The van der Waals surface area contributed by atoms with Crippen LogP contribution in [0.5, 0.6) is 0 Å². The minimum absolute atomic E-state index is 0.892. The van der Waals surface area contributed by atoms with Crippen molar-refractivity contribution in [2.45, 2.75) is 0 Å². The molecule has 2 aromatic heterocycles. The molecule has 27 heavy (non-hydrogen) atoms. The molecule has 3 aromatic carbocycles. The van der Waals surface area contributed by atoms with Crippen LogP contribution in [0.2, 0.25) is 0 Å². The van der Waals surface area contributed by atoms with Crippen LogP contribution in [0.1, 0.15) is 0 Å². The van der Waals surface area contributed by atoms with Crippen LogP contribution in [0.15, 0.2) is 72.8 Å².